The molecular weight excluding hydrogens is 276 g/mol. The van der Waals surface area contributed by atoms with Crippen LogP contribution >= 0.6 is 0 Å². The van der Waals surface area contributed by atoms with Crippen LogP contribution in [0.15, 0.2) is 72.8 Å². The minimum atomic E-state index is 0.514. The van der Waals surface area contributed by atoms with Gasteiger partial charge in [0.05, 0.1) is 0 Å². The van der Waals surface area contributed by atoms with Crippen LogP contribution in [0.25, 0.3) is 11.1 Å². The third-order valence-electron chi connectivity index (χ3n) is 5.28. The summed E-state index contributed by atoms with van der Waals surface area (Å²) in [6, 6.07) is 26.9. The third-order valence-corrected chi connectivity index (χ3v) is 5.28. The average Bonchev–Trinajstić information content (AvgIpc) is 2.71. The van der Waals surface area contributed by atoms with Gasteiger partial charge in [-0.05, 0) is 53.0 Å². The van der Waals surface area contributed by atoms with Gasteiger partial charge in [-0.25, -0.2) is 0 Å². The molecule has 1 aliphatic rings. The maximum Gasteiger partial charge on any atom is -0.00549 e. The van der Waals surface area contributed by atoms with Crippen LogP contribution in [0.5, 0.6) is 0 Å². The van der Waals surface area contributed by atoms with Gasteiger partial charge in [0.1, 0.15) is 0 Å². The molecule has 1 aliphatic carbocycles. The molecule has 0 nitrogen and oxygen atoms in total. The Morgan fingerprint density at radius 2 is 1.52 bits per heavy atom. The molecule has 0 saturated heterocycles. The van der Waals surface area contributed by atoms with Crippen LogP contribution in [0, 0.1) is 6.92 Å². The Hall–Kier alpha value is -2.34. The highest BCUT2D eigenvalue weighted by Gasteiger charge is 2.28. The molecule has 0 amide bonds. The summed E-state index contributed by atoms with van der Waals surface area (Å²) < 4.78 is 0. The molecule has 0 heterocycles. The predicted octanol–water partition coefficient (Wildman–Crippen LogP) is 6.11. The van der Waals surface area contributed by atoms with Gasteiger partial charge in [-0.2, -0.15) is 0 Å². The van der Waals surface area contributed by atoms with Crippen LogP contribution in [-0.4, -0.2) is 0 Å². The fourth-order valence-corrected chi connectivity index (χ4v) is 4.00. The zero-order valence-electron chi connectivity index (χ0n) is 13.8. The number of fused-ring (bicyclic) bond motifs is 3. The number of aryl methyl sites for hydroxylation is 1. The lowest BCUT2D eigenvalue weighted by molar-refractivity contribution is 0.579. The first kappa shape index (κ1) is 14.3. The largest absolute Gasteiger partial charge is 0.0622 e. The lowest BCUT2D eigenvalue weighted by Gasteiger charge is -2.24. The van der Waals surface area contributed by atoms with Crippen LogP contribution in [0.4, 0.5) is 0 Å². The van der Waals surface area contributed by atoms with Crippen molar-refractivity contribution in [2.24, 2.45) is 0 Å². The molecule has 2 atom stereocenters. The molecule has 3 aromatic carbocycles. The van der Waals surface area contributed by atoms with E-state index in [-0.39, 0.29) is 0 Å². The van der Waals surface area contributed by atoms with Gasteiger partial charge in [-0.3, -0.25) is 0 Å². The normalized spacial score (nSPS) is 19.6. The van der Waals surface area contributed by atoms with E-state index in [4.69, 9.17) is 0 Å². The maximum atomic E-state index is 2.39. The summed E-state index contributed by atoms with van der Waals surface area (Å²) in [4.78, 5) is 0. The number of benzene rings is 3. The summed E-state index contributed by atoms with van der Waals surface area (Å²) in [5, 5.41) is 0. The van der Waals surface area contributed by atoms with Crippen molar-refractivity contribution in [2.75, 3.05) is 0 Å². The van der Waals surface area contributed by atoms with Crippen molar-refractivity contribution >= 4 is 0 Å². The molecule has 114 valence electrons. The Morgan fingerprint density at radius 1 is 0.783 bits per heavy atom. The van der Waals surface area contributed by atoms with Crippen molar-refractivity contribution in [1.29, 1.82) is 0 Å². The monoisotopic (exact) mass is 298 g/mol. The second kappa shape index (κ2) is 5.70. The first-order valence-electron chi connectivity index (χ1n) is 8.48. The summed E-state index contributed by atoms with van der Waals surface area (Å²) in [5.74, 6) is 1.04. The zero-order valence-corrected chi connectivity index (χ0v) is 13.8. The molecule has 0 saturated carbocycles. The van der Waals surface area contributed by atoms with Crippen molar-refractivity contribution in [3.8, 4) is 11.1 Å². The molecule has 0 aliphatic heterocycles. The summed E-state index contributed by atoms with van der Waals surface area (Å²) in [5.41, 5.74) is 8.57. The van der Waals surface area contributed by atoms with Crippen molar-refractivity contribution in [2.45, 2.75) is 32.1 Å². The first-order valence-corrected chi connectivity index (χ1v) is 8.48. The molecule has 4 rings (SSSR count). The number of hydrogen-bond acceptors (Lipinski definition) is 0. The third kappa shape index (κ3) is 2.49. The Morgan fingerprint density at radius 3 is 2.35 bits per heavy atom. The molecular formula is C23H22. The summed E-state index contributed by atoms with van der Waals surface area (Å²) in [6.45, 7) is 4.57. The minimum Gasteiger partial charge on any atom is -0.0622 e. The van der Waals surface area contributed by atoms with E-state index in [1.807, 2.05) is 0 Å². The van der Waals surface area contributed by atoms with Gasteiger partial charge in [0.25, 0.3) is 0 Å². The van der Waals surface area contributed by atoms with Crippen molar-refractivity contribution < 1.29 is 0 Å². The summed E-state index contributed by atoms with van der Waals surface area (Å²) in [6.07, 6.45) is 1.11. The summed E-state index contributed by atoms with van der Waals surface area (Å²) >= 11 is 0. The van der Waals surface area contributed by atoms with Crippen molar-refractivity contribution in [1.82, 2.24) is 0 Å². The van der Waals surface area contributed by atoms with Crippen LogP contribution in [-0.2, 0) is 6.42 Å². The van der Waals surface area contributed by atoms with E-state index < -0.39 is 0 Å². The second-order valence-corrected chi connectivity index (χ2v) is 6.76. The predicted molar refractivity (Wildman–Crippen MR) is 97.9 cm³/mol. The minimum absolute atomic E-state index is 0.514. The Labute approximate surface area is 138 Å². The van der Waals surface area contributed by atoms with E-state index in [1.54, 1.807) is 0 Å². The van der Waals surface area contributed by atoms with E-state index >= 15 is 0 Å². The highest BCUT2D eigenvalue weighted by molar-refractivity contribution is 5.73. The maximum absolute atomic E-state index is 2.39. The SMILES string of the molecule is Cc1ccc2c(c1)-c1ccccc1CC(c1ccccc1)C2C. The average molecular weight is 298 g/mol. The molecule has 23 heavy (non-hydrogen) atoms. The molecule has 0 N–H and O–H groups in total. The van der Waals surface area contributed by atoms with Gasteiger partial charge >= 0.3 is 0 Å². The van der Waals surface area contributed by atoms with Crippen LogP contribution in [0.2, 0.25) is 0 Å². The highest BCUT2D eigenvalue weighted by Crippen LogP contribution is 2.45. The molecule has 0 bridgehead atoms. The standard InChI is InChI=1S/C23H22/c1-16-12-13-20-17(2)22(18-8-4-3-5-9-18)15-19-10-6-7-11-21(19)23(20)14-16/h3-14,17,22H,15H2,1-2H3. The van der Waals surface area contributed by atoms with E-state index in [1.165, 1.54) is 33.4 Å². The van der Waals surface area contributed by atoms with E-state index in [0.717, 1.165) is 6.42 Å². The fraction of sp³-hybridized carbons (Fsp3) is 0.217. The van der Waals surface area contributed by atoms with Crippen molar-refractivity contribution in [3.05, 3.63) is 95.1 Å². The molecule has 0 heteroatoms. The lowest BCUT2D eigenvalue weighted by atomic mass is 9.80. The quantitative estimate of drug-likeness (QED) is 0.509. The van der Waals surface area contributed by atoms with Crippen LogP contribution in [0.3, 0.4) is 0 Å². The fourth-order valence-electron chi connectivity index (χ4n) is 4.00. The Balaban J connectivity index is 1.94. The first-order chi connectivity index (χ1) is 11.2. The Bertz CT molecular complexity index is 830. The smallest absolute Gasteiger partial charge is 0.00549 e. The molecule has 0 fully saturated rings. The van der Waals surface area contributed by atoms with E-state index in [0.29, 0.717) is 11.8 Å². The van der Waals surface area contributed by atoms with Gasteiger partial charge in [0.15, 0.2) is 0 Å². The zero-order chi connectivity index (χ0) is 15.8. The molecule has 3 aromatic rings. The van der Waals surface area contributed by atoms with Gasteiger partial charge in [-0.15, -0.1) is 0 Å². The number of hydrogen-bond donors (Lipinski definition) is 0. The van der Waals surface area contributed by atoms with Crippen LogP contribution in [0.1, 0.15) is 41.0 Å². The molecule has 0 aromatic heterocycles. The molecule has 2 unspecified atom stereocenters. The van der Waals surface area contributed by atoms with Gasteiger partial charge in [0, 0.05) is 0 Å². The highest BCUT2D eigenvalue weighted by atomic mass is 14.3. The lowest BCUT2D eigenvalue weighted by Crippen LogP contribution is -2.10. The number of rotatable bonds is 1. The molecule has 0 radical (unpaired) electrons. The second-order valence-electron chi connectivity index (χ2n) is 6.76. The van der Waals surface area contributed by atoms with Crippen LogP contribution < -0.4 is 0 Å². The van der Waals surface area contributed by atoms with E-state index in [9.17, 15) is 0 Å². The topological polar surface area (TPSA) is 0 Å². The molecule has 0 spiro atoms. The van der Waals surface area contributed by atoms with Gasteiger partial charge in [-0.1, -0.05) is 85.3 Å². The summed E-state index contributed by atoms with van der Waals surface area (Å²) in [7, 11) is 0. The van der Waals surface area contributed by atoms with E-state index in [2.05, 4.69) is 86.6 Å². The Kier molecular flexibility index (Phi) is 3.53. The van der Waals surface area contributed by atoms with Gasteiger partial charge < -0.3 is 0 Å². The van der Waals surface area contributed by atoms with Gasteiger partial charge in [0.2, 0.25) is 0 Å². The van der Waals surface area contributed by atoms with Crippen molar-refractivity contribution in [3.63, 3.8) is 0 Å².